The minimum Gasteiger partial charge on any atom is -0.0654 e. The largest absolute Gasteiger partial charge is 0.0654 e. The highest BCUT2D eigenvalue weighted by atomic mass is 14.2. The van der Waals surface area contributed by atoms with Crippen LogP contribution in [0.5, 0.6) is 0 Å². The zero-order chi connectivity index (χ0) is 8.69. The van der Waals surface area contributed by atoms with Crippen LogP contribution in [0.15, 0.2) is 0 Å². The van der Waals surface area contributed by atoms with Gasteiger partial charge in [-0.2, -0.15) is 0 Å². The first kappa shape index (κ1) is 11.0. The Balaban J connectivity index is 3.66. The molecule has 0 aromatic carbocycles. The summed E-state index contributed by atoms with van der Waals surface area (Å²) < 4.78 is 0. The fourth-order valence-corrected chi connectivity index (χ4v) is 1.69. The Morgan fingerprint density at radius 3 is 1.82 bits per heavy atom. The van der Waals surface area contributed by atoms with E-state index >= 15 is 0 Å². The molecular weight excluding hydrogens is 132 g/mol. The van der Waals surface area contributed by atoms with Gasteiger partial charge < -0.3 is 0 Å². The molecule has 1 unspecified atom stereocenters. The maximum atomic E-state index is 3.97. The highest BCUT2D eigenvalue weighted by Crippen LogP contribution is 2.24. The summed E-state index contributed by atoms with van der Waals surface area (Å²) in [5, 5.41) is 0. The Kier molecular flexibility index (Phi) is 6.69. The van der Waals surface area contributed by atoms with Gasteiger partial charge in [0.1, 0.15) is 0 Å². The van der Waals surface area contributed by atoms with Gasteiger partial charge in [0.25, 0.3) is 0 Å². The van der Waals surface area contributed by atoms with E-state index < -0.39 is 0 Å². The third-order valence-electron chi connectivity index (χ3n) is 2.58. The van der Waals surface area contributed by atoms with E-state index in [0.717, 1.165) is 18.3 Å². The molecule has 0 aliphatic carbocycles. The van der Waals surface area contributed by atoms with Crippen molar-refractivity contribution in [1.29, 1.82) is 0 Å². The van der Waals surface area contributed by atoms with E-state index in [9.17, 15) is 0 Å². The minimum atomic E-state index is 0.829. The molecule has 0 aromatic rings. The molecule has 0 aliphatic heterocycles. The molecule has 0 fully saturated rings. The SMILES string of the molecule is [CH2]CC(C)C(CCC)CCC. The van der Waals surface area contributed by atoms with Crippen LogP contribution in [0.3, 0.4) is 0 Å². The zero-order valence-electron chi connectivity index (χ0n) is 8.40. The molecule has 0 rings (SSSR count). The van der Waals surface area contributed by atoms with Crippen LogP contribution in [0, 0.1) is 18.8 Å². The molecule has 1 atom stereocenters. The van der Waals surface area contributed by atoms with Crippen molar-refractivity contribution in [3.8, 4) is 0 Å². The van der Waals surface area contributed by atoms with Gasteiger partial charge in [0.05, 0.1) is 0 Å². The molecule has 67 valence electrons. The van der Waals surface area contributed by atoms with Gasteiger partial charge in [0.15, 0.2) is 0 Å². The molecule has 0 saturated heterocycles. The quantitative estimate of drug-likeness (QED) is 0.542. The molecule has 1 radical (unpaired) electrons. The van der Waals surface area contributed by atoms with E-state index in [1.165, 1.54) is 25.7 Å². The van der Waals surface area contributed by atoms with Gasteiger partial charge in [-0.15, -0.1) is 0 Å². The third-order valence-corrected chi connectivity index (χ3v) is 2.58. The van der Waals surface area contributed by atoms with Gasteiger partial charge in [-0.05, 0) is 11.8 Å². The lowest BCUT2D eigenvalue weighted by molar-refractivity contribution is 0.311. The molecule has 0 aromatic heterocycles. The highest BCUT2D eigenvalue weighted by molar-refractivity contribution is 4.66. The predicted octanol–water partition coefficient (Wildman–Crippen LogP) is 4.06. The monoisotopic (exact) mass is 155 g/mol. The molecule has 0 heterocycles. The lowest BCUT2D eigenvalue weighted by Gasteiger charge is -2.21. The van der Waals surface area contributed by atoms with Crippen LogP contribution < -0.4 is 0 Å². The molecule has 0 heteroatoms. The number of hydrogen-bond acceptors (Lipinski definition) is 0. The summed E-state index contributed by atoms with van der Waals surface area (Å²) >= 11 is 0. The Morgan fingerprint density at radius 1 is 1.09 bits per heavy atom. The second kappa shape index (κ2) is 6.69. The van der Waals surface area contributed by atoms with Crippen LogP contribution in [0.25, 0.3) is 0 Å². The second-order valence-electron chi connectivity index (χ2n) is 3.60. The van der Waals surface area contributed by atoms with E-state index in [1.54, 1.807) is 0 Å². The average molecular weight is 155 g/mol. The molecule has 11 heavy (non-hydrogen) atoms. The van der Waals surface area contributed by atoms with Crippen molar-refractivity contribution < 1.29 is 0 Å². The van der Waals surface area contributed by atoms with Crippen molar-refractivity contribution in [2.45, 2.75) is 52.9 Å². The lowest BCUT2D eigenvalue weighted by Crippen LogP contribution is -2.10. The second-order valence-corrected chi connectivity index (χ2v) is 3.60. The molecule has 0 N–H and O–H groups in total. The van der Waals surface area contributed by atoms with Crippen LogP contribution in [-0.4, -0.2) is 0 Å². The first-order valence-electron chi connectivity index (χ1n) is 5.05. The summed E-state index contributed by atoms with van der Waals surface area (Å²) in [5.74, 6) is 1.76. The Hall–Kier alpha value is 0. The van der Waals surface area contributed by atoms with Crippen molar-refractivity contribution in [3.63, 3.8) is 0 Å². The van der Waals surface area contributed by atoms with E-state index in [0.29, 0.717) is 0 Å². The van der Waals surface area contributed by atoms with Gasteiger partial charge in [0.2, 0.25) is 0 Å². The fourth-order valence-electron chi connectivity index (χ4n) is 1.69. The minimum absolute atomic E-state index is 0.829. The number of hydrogen-bond donors (Lipinski definition) is 0. The summed E-state index contributed by atoms with van der Waals surface area (Å²) in [5.41, 5.74) is 0. The van der Waals surface area contributed by atoms with Crippen LogP contribution >= 0.6 is 0 Å². The fraction of sp³-hybridized carbons (Fsp3) is 0.909. The normalized spacial score (nSPS) is 13.9. The van der Waals surface area contributed by atoms with Crippen molar-refractivity contribution >= 4 is 0 Å². The standard InChI is InChI=1S/C11H23/c1-5-8-11(9-6-2)10(4)7-3/h10-11H,3,5-9H2,1-2,4H3. The van der Waals surface area contributed by atoms with Gasteiger partial charge in [-0.25, -0.2) is 0 Å². The van der Waals surface area contributed by atoms with Crippen LogP contribution in [0.4, 0.5) is 0 Å². The molecule has 0 nitrogen and oxygen atoms in total. The first-order valence-corrected chi connectivity index (χ1v) is 5.05. The predicted molar refractivity (Wildman–Crippen MR) is 52.4 cm³/mol. The maximum Gasteiger partial charge on any atom is -0.0389 e. The van der Waals surface area contributed by atoms with Crippen molar-refractivity contribution in [1.82, 2.24) is 0 Å². The van der Waals surface area contributed by atoms with Gasteiger partial charge >= 0.3 is 0 Å². The molecule has 0 bridgehead atoms. The Labute approximate surface area is 72.4 Å². The van der Waals surface area contributed by atoms with E-state index in [1.807, 2.05) is 0 Å². The molecule has 0 aliphatic rings. The van der Waals surface area contributed by atoms with E-state index in [2.05, 4.69) is 27.7 Å². The third kappa shape index (κ3) is 4.44. The summed E-state index contributed by atoms with van der Waals surface area (Å²) in [4.78, 5) is 0. The molecular formula is C11H23. The van der Waals surface area contributed by atoms with Crippen LogP contribution in [-0.2, 0) is 0 Å². The maximum absolute atomic E-state index is 3.97. The molecule has 0 amide bonds. The van der Waals surface area contributed by atoms with Gasteiger partial charge in [-0.1, -0.05) is 59.8 Å². The summed E-state index contributed by atoms with van der Waals surface area (Å²) in [6, 6.07) is 0. The van der Waals surface area contributed by atoms with Gasteiger partial charge in [-0.3, -0.25) is 0 Å². The summed E-state index contributed by atoms with van der Waals surface area (Å²) in [6.07, 6.45) is 6.55. The van der Waals surface area contributed by atoms with Gasteiger partial charge in [0, 0.05) is 0 Å². The first-order chi connectivity index (χ1) is 5.26. The molecule has 0 saturated carbocycles. The zero-order valence-corrected chi connectivity index (χ0v) is 8.40. The van der Waals surface area contributed by atoms with Crippen molar-refractivity contribution in [2.75, 3.05) is 0 Å². The number of rotatable bonds is 6. The van der Waals surface area contributed by atoms with E-state index in [-0.39, 0.29) is 0 Å². The van der Waals surface area contributed by atoms with Crippen LogP contribution in [0.1, 0.15) is 52.9 Å². The Morgan fingerprint density at radius 2 is 1.55 bits per heavy atom. The smallest absolute Gasteiger partial charge is 0.0389 e. The summed E-state index contributed by atoms with van der Waals surface area (Å²) in [6.45, 7) is 10.9. The molecule has 0 spiro atoms. The average Bonchev–Trinajstić information content (AvgIpc) is 2.03. The Bertz CT molecular complexity index is 70.1. The van der Waals surface area contributed by atoms with Crippen molar-refractivity contribution in [3.05, 3.63) is 6.92 Å². The topological polar surface area (TPSA) is 0 Å². The van der Waals surface area contributed by atoms with E-state index in [4.69, 9.17) is 0 Å². The van der Waals surface area contributed by atoms with Crippen LogP contribution in [0.2, 0.25) is 0 Å². The highest BCUT2D eigenvalue weighted by Gasteiger charge is 2.12. The van der Waals surface area contributed by atoms with Crippen molar-refractivity contribution in [2.24, 2.45) is 11.8 Å². The lowest BCUT2D eigenvalue weighted by atomic mass is 9.85. The summed E-state index contributed by atoms with van der Waals surface area (Å²) in [7, 11) is 0.